The highest BCUT2D eigenvalue weighted by molar-refractivity contribution is 5.33. The fraction of sp³-hybridized carbons (Fsp3) is 0.444. The van der Waals surface area contributed by atoms with Crippen molar-refractivity contribution in [2.24, 2.45) is 0 Å². The molecule has 0 aliphatic rings. The Morgan fingerprint density at radius 3 is 2.92 bits per heavy atom. The summed E-state index contributed by atoms with van der Waals surface area (Å²) in [5, 5.41) is 0. The van der Waals surface area contributed by atoms with Crippen LogP contribution in [0, 0.1) is 0 Å². The Labute approximate surface area is 76.9 Å². The van der Waals surface area contributed by atoms with Crippen LogP contribution in [-0.4, -0.2) is 10.7 Å². The van der Waals surface area contributed by atoms with E-state index in [0.717, 1.165) is 0 Å². The molecule has 0 radical (unpaired) electrons. The zero-order chi connectivity index (χ0) is 9.84. The maximum atomic E-state index is 11.3. The van der Waals surface area contributed by atoms with Crippen molar-refractivity contribution < 1.29 is 4.74 Å². The highest BCUT2D eigenvalue weighted by atomic mass is 16.5. The molecule has 0 saturated heterocycles. The molecule has 2 N–H and O–H groups in total. The monoisotopic (exact) mass is 182 g/mol. The maximum absolute atomic E-state index is 11.3. The number of nitrogen functional groups attached to an aromatic ring is 1. The second-order valence-electron chi connectivity index (χ2n) is 3.08. The van der Waals surface area contributed by atoms with Crippen LogP contribution in [-0.2, 0) is 11.5 Å². The zero-order valence-corrected chi connectivity index (χ0v) is 7.86. The summed E-state index contributed by atoms with van der Waals surface area (Å²) >= 11 is 0. The van der Waals surface area contributed by atoms with Gasteiger partial charge in [0.15, 0.2) is 0 Å². The molecule has 72 valence electrons. The normalized spacial score (nSPS) is 10.7. The summed E-state index contributed by atoms with van der Waals surface area (Å²) in [6, 6.07) is 3.30. The molecule has 4 heteroatoms. The smallest absolute Gasteiger partial charge is 0.275 e. The second-order valence-corrected chi connectivity index (χ2v) is 3.08. The molecule has 1 rings (SSSR count). The number of hydrogen-bond acceptors (Lipinski definition) is 3. The average molecular weight is 182 g/mol. The van der Waals surface area contributed by atoms with Crippen LogP contribution < -0.4 is 11.3 Å². The van der Waals surface area contributed by atoms with E-state index >= 15 is 0 Å². The molecule has 1 aromatic heterocycles. The van der Waals surface area contributed by atoms with E-state index in [4.69, 9.17) is 10.5 Å². The third kappa shape index (κ3) is 2.59. The summed E-state index contributed by atoms with van der Waals surface area (Å²) in [5.41, 5.74) is 5.48. The van der Waals surface area contributed by atoms with Crippen molar-refractivity contribution >= 4 is 5.69 Å². The zero-order valence-electron chi connectivity index (χ0n) is 7.86. The average Bonchev–Trinajstić information content (AvgIpc) is 2.07. The molecule has 0 atom stereocenters. The Balaban J connectivity index is 2.78. The van der Waals surface area contributed by atoms with Crippen LogP contribution >= 0.6 is 0 Å². The highest BCUT2D eigenvalue weighted by Crippen LogP contribution is 1.94. The van der Waals surface area contributed by atoms with Crippen molar-refractivity contribution in [2.75, 3.05) is 5.73 Å². The lowest BCUT2D eigenvalue weighted by Crippen LogP contribution is -2.24. The summed E-state index contributed by atoms with van der Waals surface area (Å²) in [6.07, 6.45) is 1.76. The molecule has 1 heterocycles. The van der Waals surface area contributed by atoms with Gasteiger partial charge >= 0.3 is 0 Å². The molecule has 0 unspecified atom stereocenters. The standard InChI is InChI=1S/C9H14N2O2/c1-7(2)13-6-11-5-3-4-8(10)9(11)12/h3-5,7H,6,10H2,1-2H3. The molecule has 0 amide bonds. The van der Waals surface area contributed by atoms with Gasteiger partial charge in [-0.3, -0.25) is 9.36 Å². The van der Waals surface area contributed by atoms with Gasteiger partial charge in [-0.05, 0) is 26.0 Å². The van der Waals surface area contributed by atoms with Gasteiger partial charge in [-0.1, -0.05) is 0 Å². The minimum Gasteiger partial charge on any atom is -0.394 e. The Kier molecular flexibility index (Phi) is 3.08. The molecule has 4 nitrogen and oxygen atoms in total. The van der Waals surface area contributed by atoms with Crippen molar-refractivity contribution in [1.82, 2.24) is 4.57 Å². The first kappa shape index (κ1) is 9.80. The number of anilines is 1. The number of ether oxygens (including phenoxy) is 1. The summed E-state index contributed by atoms with van der Waals surface area (Å²) in [4.78, 5) is 11.3. The molecule has 0 bridgehead atoms. The van der Waals surface area contributed by atoms with Crippen LogP contribution in [0.25, 0.3) is 0 Å². The summed E-state index contributed by atoms with van der Waals surface area (Å²) < 4.78 is 6.71. The summed E-state index contributed by atoms with van der Waals surface area (Å²) in [7, 11) is 0. The molecule has 1 aromatic rings. The highest BCUT2D eigenvalue weighted by Gasteiger charge is 1.99. The number of nitrogens with two attached hydrogens (primary N) is 1. The van der Waals surface area contributed by atoms with Crippen molar-refractivity contribution in [3.8, 4) is 0 Å². The van der Waals surface area contributed by atoms with Gasteiger partial charge in [0.1, 0.15) is 6.73 Å². The van der Waals surface area contributed by atoms with Gasteiger partial charge in [0.05, 0.1) is 11.8 Å². The third-order valence-corrected chi connectivity index (χ3v) is 1.60. The summed E-state index contributed by atoms with van der Waals surface area (Å²) in [6.45, 7) is 4.08. The first-order valence-electron chi connectivity index (χ1n) is 4.18. The van der Waals surface area contributed by atoms with Gasteiger partial charge in [-0.2, -0.15) is 0 Å². The van der Waals surface area contributed by atoms with Gasteiger partial charge < -0.3 is 10.5 Å². The number of rotatable bonds is 3. The van der Waals surface area contributed by atoms with Gasteiger partial charge in [0.2, 0.25) is 0 Å². The largest absolute Gasteiger partial charge is 0.394 e. The lowest BCUT2D eigenvalue weighted by molar-refractivity contribution is 0.0269. The maximum Gasteiger partial charge on any atom is 0.275 e. The molecule has 13 heavy (non-hydrogen) atoms. The van der Waals surface area contributed by atoms with E-state index in [-0.39, 0.29) is 24.1 Å². The molecule has 0 aliphatic heterocycles. The molecule has 0 aromatic carbocycles. The fourth-order valence-corrected chi connectivity index (χ4v) is 0.886. The van der Waals surface area contributed by atoms with E-state index in [1.807, 2.05) is 13.8 Å². The van der Waals surface area contributed by atoms with Crippen LogP contribution in [0.3, 0.4) is 0 Å². The first-order valence-corrected chi connectivity index (χ1v) is 4.18. The minimum absolute atomic E-state index is 0.105. The van der Waals surface area contributed by atoms with Crippen LogP contribution in [0.1, 0.15) is 13.8 Å². The van der Waals surface area contributed by atoms with E-state index in [9.17, 15) is 4.79 Å². The van der Waals surface area contributed by atoms with E-state index in [1.165, 1.54) is 4.57 Å². The van der Waals surface area contributed by atoms with E-state index in [0.29, 0.717) is 0 Å². The molecule has 0 saturated carbocycles. The Morgan fingerprint density at radius 2 is 2.31 bits per heavy atom. The Morgan fingerprint density at radius 1 is 1.62 bits per heavy atom. The molecular weight excluding hydrogens is 168 g/mol. The van der Waals surface area contributed by atoms with Crippen LogP contribution in [0.4, 0.5) is 5.69 Å². The van der Waals surface area contributed by atoms with Crippen LogP contribution in [0.15, 0.2) is 23.1 Å². The van der Waals surface area contributed by atoms with Crippen molar-refractivity contribution in [2.45, 2.75) is 26.7 Å². The van der Waals surface area contributed by atoms with Gasteiger partial charge in [-0.15, -0.1) is 0 Å². The van der Waals surface area contributed by atoms with Crippen LogP contribution in [0.5, 0.6) is 0 Å². The Hall–Kier alpha value is -1.29. The predicted molar refractivity (Wildman–Crippen MR) is 51.3 cm³/mol. The predicted octanol–water partition coefficient (Wildman–Crippen LogP) is 0.813. The van der Waals surface area contributed by atoms with E-state index < -0.39 is 0 Å². The van der Waals surface area contributed by atoms with Gasteiger partial charge in [0, 0.05) is 6.20 Å². The number of hydrogen-bond donors (Lipinski definition) is 1. The number of nitrogens with zero attached hydrogens (tertiary/aromatic N) is 1. The van der Waals surface area contributed by atoms with Crippen molar-refractivity contribution in [1.29, 1.82) is 0 Å². The molecule has 0 fully saturated rings. The lowest BCUT2D eigenvalue weighted by Gasteiger charge is -2.09. The van der Waals surface area contributed by atoms with Crippen LogP contribution in [0.2, 0.25) is 0 Å². The molecular formula is C9H14N2O2. The lowest BCUT2D eigenvalue weighted by atomic mass is 10.4. The van der Waals surface area contributed by atoms with Gasteiger partial charge in [-0.25, -0.2) is 0 Å². The third-order valence-electron chi connectivity index (χ3n) is 1.60. The minimum atomic E-state index is -0.205. The molecule has 0 spiro atoms. The number of pyridine rings is 1. The SMILES string of the molecule is CC(C)OCn1cccc(N)c1=O. The Bertz CT molecular complexity index is 331. The van der Waals surface area contributed by atoms with Gasteiger partial charge in [0.25, 0.3) is 5.56 Å². The van der Waals surface area contributed by atoms with Crippen molar-refractivity contribution in [3.05, 3.63) is 28.7 Å². The summed E-state index contributed by atoms with van der Waals surface area (Å²) in [5.74, 6) is 0. The molecule has 0 aliphatic carbocycles. The van der Waals surface area contributed by atoms with E-state index in [2.05, 4.69) is 0 Å². The quantitative estimate of drug-likeness (QED) is 0.752. The number of aromatic nitrogens is 1. The topological polar surface area (TPSA) is 57.2 Å². The first-order chi connectivity index (χ1) is 6.11. The fourth-order valence-electron chi connectivity index (χ4n) is 0.886. The van der Waals surface area contributed by atoms with E-state index in [1.54, 1.807) is 18.3 Å². The second kappa shape index (κ2) is 4.09. The van der Waals surface area contributed by atoms with Crippen molar-refractivity contribution in [3.63, 3.8) is 0 Å².